The predicted octanol–water partition coefficient (Wildman–Crippen LogP) is 20.4. The number of carbonyl (C=O) groups is 3. The van der Waals surface area contributed by atoms with Crippen molar-refractivity contribution in [1.29, 1.82) is 0 Å². The van der Waals surface area contributed by atoms with Gasteiger partial charge in [0.2, 0.25) is 0 Å². The number of ketones is 1. The molecule has 0 spiro atoms. The molecule has 1 aliphatic heterocycles. The number of fused-ring (bicyclic) bond motifs is 1. The minimum absolute atomic E-state index is 0.0642. The summed E-state index contributed by atoms with van der Waals surface area (Å²) < 4.78 is 18.4. The third kappa shape index (κ3) is 28.0. The van der Waals surface area contributed by atoms with Crippen molar-refractivity contribution in [3.05, 3.63) is 173 Å². The molecule has 0 aromatic carbocycles. The molecule has 0 bridgehead atoms. The number of hydrogen-bond donors (Lipinski definition) is 1. The molecule has 2 aliphatic carbocycles. The smallest absolute Gasteiger partial charge is 0.306 e. The second kappa shape index (κ2) is 38.6. The first-order valence-corrected chi connectivity index (χ1v) is 32.0. The minimum atomic E-state index is -1.14. The average Bonchev–Trinajstić information content (AvgIpc) is 1.58. The molecule has 3 fully saturated rings. The first-order chi connectivity index (χ1) is 39.6. The maximum absolute atomic E-state index is 13.6. The van der Waals surface area contributed by atoms with E-state index in [4.69, 9.17) is 14.2 Å². The van der Waals surface area contributed by atoms with Crippen molar-refractivity contribution in [3.63, 3.8) is 0 Å². The summed E-state index contributed by atoms with van der Waals surface area (Å²) in [4.78, 5) is 39.3. The molecule has 7 heteroatoms. The van der Waals surface area contributed by atoms with E-state index in [2.05, 4.69) is 146 Å². The van der Waals surface area contributed by atoms with Gasteiger partial charge in [0.25, 0.3) is 0 Å². The van der Waals surface area contributed by atoms with E-state index in [1.54, 1.807) is 0 Å². The average molecular weight is 1140 g/mol. The van der Waals surface area contributed by atoms with Crippen molar-refractivity contribution in [2.24, 2.45) is 10.8 Å². The third-order valence-corrected chi connectivity index (χ3v) is 16.4. The number of carbonyl (C=O) groups excluding carboxylic acids is 3. The lowest BCUT2D eigenvalue weighted by Gasteiger charge is -2.44. The van der Waals surface area contributed by atoms with E-state index in [1.807, 2.05) is 82.4 Å². The van der Waals surface area contributed by atoms with Crippen LogP contribution in [0, 0.1) is 10.8 Å². The summed E-state index contributed by atoms with van der Waals surface area (Å²) in [5.41, 5.74) is 5.11. The molecule has 83 heavy (non-hydrogen) atoms. The molecule has 1 N–H and O–H groups in total. The van der Waals surface area contributed by atoms with E-state index in [0.29, 0.717) is 50.5 Å². The van der Waals surface area contributed by atoms with Crippen molar-refractivity contribution in [1.82, 2.24) is 0 Å². The van der Waals surface area contributed by atoms with Crippen molar-refractivity contribution in [3.8, 4) is 0 Å². The van der Waals surface area contributed by atoms with E-state index >= 15 is 0 Å². The third-order valence-electron chi connectivity index (χ3n) is 16.4. The Labute approximate surface area is 505 Å². The Kier molecular flexibility index (Phi) is 33.4. The Morgan fingerprint density at radius 1 is 0.542 bits per heavy atom. The number of hydrogen-bond acceptors (Lipinski definition) is 7. The molecule has 0 aromatic heterocycles. The van der Waals surface area contributed by atoms with Gasteiger partial charge in [-0.2, -0.15) is 0 Å². The maximum Gasteiger partial charge on any atom is 0.306 e. The minimum Gasteiger partial charge on any atom is -0.462 e. The van der Waals surface area contributed by atoms with Crippen molar-refractivity contribution >= 4 is 17.7 Å². The molecule has 0 amide bonds. The highest BCUT2D eigenvalue weighted by Gasteiger charge is 2.76. The molecular formula is C76H112O7. The quantitative estimate of drug-likeness (QED) is 0.0125. The van der Waals surface area contributed by atoms with E-state index in [0.717, 1.165) is 92.9 Å². The zero-order chi connectivity index (χ0) is 61.0. The van der Waals surface area contributed by atoms with Crippen LogP contribution in [-0.4, -0.2) is 51.8 Å². The first kappa shape index (κ1) is 71.9. The molecular weight excluding hydrogens is 1020 g/mol. The number of rotatable bonds is 38. The van der Waals surface area contributed by atoms with Crippen molar-refractivity contribution in [2.75, 3.05) is 0 Å². The number of epoxide rings is 1. The molecule has 5 atom stereocenters. The van der Waals surface area contributed by atoms with E-state index in [1.165, 1.54) is 44.9 Å². The fourth-order valence-electron chi connectivity index (χ4n) is 11.8. The summed E-state index contributed by atoms with van der Waals surface area (Å²) in [5.74, 6) is -0.264. The summed E-state index contributed by atoms with van der Waals surface area (Å²) in [6, 6.07) is 0. The molecule has 458 valence electrons. The number of ether oxygens (including phenoxy) is 3. The van der Waals surface area contributed by atoms with E-state index in [9.17, 15) is 19.5 Å². The molecule has 1 saturated heterocycles. The van der Waals surface area contributed by atoms with Crippen LogP contribution in [-0.2, 0) is 28.6 Å². The van der Waals surface area contributed by atoms with Gasteiger partial charge in [-0.05, 0) is 154 Å². The van der Waals surface area contributed by atoms with Gasteiger partial charge < -0.3 is 19.3 Å². The molecule has 7 nitrogen and oxygen atoms in total. The van der Waals surface area contributed by atoms with Crippen LogP contribution in [0.3, 0.4) is 0 Å². The molecule has 0 aromatic rings. The zero-order valence-electron chi connectivity index (χ0n) is 54.0. The summed E-state index contributed by atoms with van der Waals surface area (Å²) in [6.45, 7) is 24.7. The molecule has 3 aliphatic rings. The number of allylic oxidation sites excluding steroid dienone is 26. The van der Waals surface area contributed by atoms with Crippen LogP contribution >= 0.6 is 0 Å². The van der Waals surface area contributed by atoms with Gasteiger partial charge in [0.15, 0.2) is 5.78 Å². The van der Waals surface area contributed by atoms with Crippen LogP contribution < -0.4 is 0 Å². The second-order valence-corrected chi connectivity index (χ2v) is 25.4. The Bertz CT molecular complexity index is 2470. The van der Waals surface area contributed by atoms with Gasteiger partial charge in [-0.15, -0.1) is 5.73 Å². The van der Waals surface area contributed by atoms with Crippen LogP contribution in [0.15, 0.2) is 173 Å². The fourth-order valence-corrected chi connectivity index (χ4v) is 11.8. The van der Waals surface area contributed by atoms with Crippen molar-refractivity contribution in [2.45, 2.75) is 273 Å². The summed E-state index contributed by atoms with van der Waals surface area (Å²) in [6.07, 6.45) is 70.8. The molecule has 3 rings (SSSR count). The molecule has 0 unspecified atom stereocenters. The predicted molar refractivity (Wildman–Crippen MR) is 351 cm³/mol. The Morgan fingerprint density at radius 2 is 1.01 bits per heavy atom. The normalized spacial score (nSPS) is 24.3. The van der Waals surface area contributed by atoms with Crippen LogP contribution in [0.5, 0.6) is 0 Å². The van der Waals surface area contributed by atoms with Gasteiger partial charge >= 0.3 is 11.9 Å². The first-order valence-electron chi connectivity index (χ1n) is 32.0. The monoisotopic (exact) mass is 1140 g/mol. The number of unbranched alkanes of at least 4 members (excludes halogenated alkanes) is 10. The maximum atomic E-state index is 13.6. The van der Waals surface area contributed by atoms with Crippen LogP contribution in [0.2, 0.25) is 0 Å². The molecule has 2 saturated carbocycles. The number of Topliss-reactive ketones (excluding diaryl/α,β-unsaturated/α-hetero) is 1. The Balaban J connectivity index is 1.37. The topological polar surface area (TPSA) is 102 Å². The fraction of sp³-hybridized carbons (Fsp3) is 0.579. The largest absolute Gasteiger partial charge is 0.462 e. The van der Waals surface area contributed by atoms with Crippen LogP contribution in [0.1, 0.15) is 244 Å². The number of aliphatic hydroxyl groups is 1. The molecule has 1 heterocycles. The highest BCUT2D eigenvalue weighted by Crippen LogP contribution is 2.67. The van der Waals surface area contributed by atoms with Gasteiger partial charge in [0.05, 0.1) is 11.2 Å². The number of esters is 2. The lowest BCUT2D eigenvalue weighted by atomic mass is 9.61. The lowest BCUT2D eigenvalue weighted by Crippen LogP contribution is -2.49. The Hall–Kier alpha value is -5.33. The van der Waals surface area contributed by atoms with E-state index < -0.39 is 16.8 Å². The van der Waals surface area contributed by atoms with Gasteiger partial charge in [-0.1, -0.05) is 225 Å². The van der Waals surface area contributed by atoms with Gasteiger partial charge in [-0.25, -0.2) is 0 Å². The zero-order valence-corrected chi connectivity index (χ0v) is 54.0. The second-order valence-electron chi connectivity index (χ2n) is 25.4. The van der Waals surface area contributed by atoms with Crippen LogP contribution in [0.25, 0.3) is 0 Å². The standard InChI is InChI=1S/C76H112O7/c1-13-15-17-19-21-23-25-27-28-29-30-32-34-36-38-40-42-54-71(79)82-67-58-73(9,10)76(75(12,60-67)83-76)61-68(77)65(6)52-46-51-63(4)48-44-43-47-62(3)49-45-50-64(5)55-56-69-72(7,8)57-66(59-74(69,11)80)81-70(78)53-41-39-37-35-33-31-26-24-22-20-18-16-14-2/h15,17,21,23-24,26-28,30,32,36,38,43-52,55,66-67,80H,13-14,16,18-20,22,25,29,31,33-35,37,39-42,53-54,57-61H2,1-12H3/b17-15-,23-21-,26-24-,28-27-,32-30-,38-36-,44-43+,49-45+,51-46+,62-47+,63-48+,64-50+,65-52+/t56?,66-,67-,74+,75+,76-/m0/s1. The summed E-state index contributed by atoms with van der Waals surface area (Å²) >= 11 is 0. The van der Waals surface area contributed by atoms with Crippen LogP contribution in [0.4, 0.5) is 0 Å². The highest BCUT2D eigenvalue weighted by atomic mass is 16.6. The summed E-state index contributed by atoms with van der Waals surface area (Å²) in [7, 11) is 0. The van der Waals surface area contributed by atoms with E-state index in [-0.39, 0.29) is 40.8 Å². The SMILES string of the molecule is CC/C=C\C/C=C\C/C=C\C/C=C\C/C=C\CCCC(=O)O[C@H]1CC(C)(C)[C@]2(CC(=O)/C(C)=C/C=C/C(C)=C/C=C/C=C(C)/C=C/C=C(\C)C=C=C3C(C)(C)C[C@H](OC(=O)CCCCCCC/C=C\CCCCCC)C[C@@]3(C)O)O[C@]2(C)C1. The van der Waals surface area contributed by atoms with Gasteiger partial charge in [-0.3, -0.25) is 14.4 Å². The van der Waals surface area contributed by atoms with Gasteiger partial charge in [0, 0.05) is 43.1 Å². The molecule has 0 radical (unpaired) electrons. The lowest BCUT2D eigenvalue weighted by molar-refractivity contribution is -0.156. The Morgan fingerprint density at radius 3 is 1.57 bits per heavy atom. The highest BCUT2D eigenvalue weighted by molar-refractivity contribution is 5.96. The summed E-state index contributed by atoms with van der Waals surface area (Å²) in [5, 5.41) is 11.6. The van der Waals surface area contributed by atoms with Gasteiger partial charge in [0.1, 0.15) is 17.8 Å². The van der Waals surface area contributed by atoms with Crippen molar-refractivity contribution < 1.29 is 33.7 Å².